The van der Waals surface area contributed by atoms with Crippen LogP contribution in [0.5, 0.6) is 0 Å². The lowest BCUT2D eigenvalue weighted by molar-refractivity contribution is -0.122. The third-order valence-corrected chi connectivity index (χ3v) is 7.39. The number of hydrogen-bond donors (Lipinski definition) is 0. The van der Waals surface area contributed by atoms with Gasteiger partial charge in [0.25, 0.3) is 5.91 Å². The number of para-hydroxylation sites is 1. The summed E-state index contributed by atoms with van der Waals surface area (Å²) in [5, 5.41) is 6.85. The van der Waals surface area contributed by atoms with Crippen LogP contribution >= 0.6 is 35.3 Å². The van der Waals surface area contributed by atoms with Crippen molar-refractivity contribution < 1.29 is 4.79 Å². The number of rotatable bonds is 5. The molecule has 0 saturated carbocycles. The summed E-state index contributed by atoms with van der Waals surface area (Å²) in [6.07, 6.45) is 3.88. The number of nitrogens with zero attached hydrogens (tertiary/aromatic N) is 3. The van der Waals surface area contributed by atoms with Gasteiger partial charge in [0.15, 0.2) is 0 Å². The lowest BCUT2D eigenvalue weighted by atomic mass is 10.1. The molecule has 0 radical (unpaired) electrons. The van der Waals surface area contributed by atoms with Crippen molar-refractivity contribution in [3.8, 4) is 16.3 Å². The number of thioether (sulfide) groups is 1. The van der Waals surface area contributed by atoms with Gasteiger partial charge in [-0.3, -0.25) is 9.69 Å². The molecule has 1 aliphatic rings. The fraction of sp³-hybridized carbons (Fsp3) is 0.0800. The molecule has 4 aromatic rings. The lowest BCUT2D eigenvalue weighted by Crippen LogP contribution is -2.27. The van der Waals surface area contributed by atoms with Crippen LogP contribution in [0.1, 0.15) is 16.7 Å². The van der Waals surface area contributed by atoms with Crippen LogP contribution in [-0.2, 0) is 11.3 Å². The highest BCUT2D eigenvalue weighted by molar-refractivity contribution is 8.26. The van der Waals surface area contributed by atoms with Crippen LogP contribution in [0, 0.1) is 6.92 Å². The molecule has 32 heavy (non-hydrogen) atoms. The molecule has 0 spiro atoms. The number of thiocarbonyl (C=S) groups is 1. The molecule has 1 saturated heterocycles. The van der Waals surface area contributed by atoms with Crippen molar-refractivity contribution in [3.05, 3.63) is 99.9 Å². The molecule has 5 rings (SSSR count). The molecular weight excluding hydrogens is 454 g/mol. The van der Waals surface area contributed by atoms with E-state index in [0.717, 1.165) is 27.4 Å². The van der Waals surface area contributed by atoms with Crippen molar-refractivity contribution in [2.75, 3.05) is 0 Å². The maximum absolute atomic E-state index is 13.2. The number of amides is 1. The van der Waals surface area contributed by atoms with E-state index in [-0.39, 0.29) is 5.91 Å². The smallest absolute Gasteiger partial charge is 0.266 e. The highest BCUT2D eigenvalue weighted by Gasteiger charge is 2.32. The maximum Gasteiger partial charge on any atom is 0.266 e. The minimum Gasteiger partial charge on any atom is -0.288 e. The summed E-state index contributed by atoms with van der Waals surface area (Å²) < 4.78 is 2.43. The fourth-order valence-corrected chi connectivity index (χ4v) is 5.44. The Bertz CT molecular complexity index is 1310. The normalized spacial score (nSPS) is 15.2. The second-order valence-corrected chi connectivity index (χ2v) is 10.1. The Morgan fingerprint density at radius 1 is 1.03 bits per heavy atom. The van der Waals surface area contributed by atoms with Gasteiger partial charge in [-0.05, 0) is 42.1 Å². The average molecular weight is 474 g/mol. The second-order valence-electron chi connectivity index (χ2n) is 7.44. The van der Waals surface area contributed by atoms with E-state index in [1.54, 1.807) is 16.2 Å². The molecule has 0 bridgehead atoms. The van der Waals surface area contributed by atoms with Crippen LogP contribution in [-0.4, -0.2) is 24.9 Å². The molecule has 7 heteroatoms. The number of aromatic nitrogens is 2. The Morgan fingerprint density at radius 2 is 1.81 bits per heavy atom. The number of benzene rings is 2. The van der Waals surface area contributed by atoms with Crippen molar-refractivity contribution in [1.29, 1.82) is 0 Å². The molecular formula is C25H19N3OS3. The molecule has 0 atom stereocenters. The van der Waals surface area contributed by atoms with Gasteiger partial charge in [-0.2, -0.15) is 5.10 Å². The zero-order valence-corrected chi connectivity index (χ0v) is 19.7. The van der Waals surface area contributed by atoms with Gasteiger partial charge in [-0.1, -0.05) is 78.1 Å². The Morgan fingerprint density at radius 3 is 2.53 bits per heavy atom. The summed E-state index contributed by atoms with van der Waals surface area (Å²) in [5.41, 5.74) is 4.97. The van der Waals surface area contributed by atoms with Crippen molar-refractivity contribution in [2.45, 2.75) is 13.5 Å². The van der Waals surface area contributed by atoms with Crippen LogP contribution in [0.3, 0.4) is 0 Å². The van der Waals surface area contributed by atoms with Gasteiger partial charge in [0.05, 0.1) is 22.0 Å². The monoisotopic (exact) mass is 473 g/mol. The molecule has 2 aromatic heterocycles. The third-order valence-electron chi connectivity index (χ3n) is 5.14. The van der Waals surface area contributed by atoms with Crippen molar-refractivity contribution in [2.24, 2.45) is 0 Å². The summed E-state index contributed by atoms with van der Waals surface area (Å²) in [6, 6.07) is 22.2. The van der Waals surface area contributed by atoms with Gasteiger partial charge in [0, 0.05) is 11.8 Å². The van der Waals surface area contributed by atoms with Crippen LogP contribution in [0.15, 0.2) is 83.2 Å². The predicted molar refractivity (Wildman–Crippen MR) is 137 cm³/mol. The Balaban J connectivity index is 1.49. The summed E-state index contributed by atoms with van der Waals surface area (Å²) >= 11 is 8.51. The molecule has 0 aliphatic carbocycles. The highest BCUT2D eigenvalue weighted by atomic mass is 32.2. The van der Waals surface area contributed by atoms with E-state index in [0.29, 0.717) is 15.8 Å². The minimum atomic E-state index is -0.0647. The Kier molecular flexibility index (Phi) is 5.78. The first-order chi connectivity index (χ1) is 15.6. The predicted octanol–water partition coefficient (Wildman–Crippen LogP) is 6.31. The SMILES string of the molecule is Cc1ccc(CN2C(=O)C(=Cc3cn(-c4ccccc4)nc3-c3cccs3)SC2=S)cc1. The van der Waals surface area contributed by atoms with E-state index in [9.17, 15) is 4.79 Å². The lowest BCUT2D eigenvalue weighted by Gasteiger charge is -2.14. The standard InChI is InChI=1S/C25H19N3OS3/c1-17-9-11-18(12-10-17)15-27-24(29)22(32-25(27)30)14-19-16-28(20-6-3-2-4-7-20)26-23(19)21-8-5-13-31-21/h2-14,16H,15H2,1H3. The van der Waals surface area contributed by atoms with Gasteiger partial charge in [-0.25, -0.2) is 4.68 Å². The number of hydrogen-bond acceptors (Lipinski definition) is 5. The van der Waals surface area contributed by atoms with E-state index in [1.807, 2.05) is 96.0 Å². The quantitative estimate of drug-likeness (QED) is 0.251. The number of carbonyl (C=O) groups excluding carboxylic acids is 1. The van der Waals surface area contributed by atoms with Gasteiger partial charge >= 0.3 is 0 Å². The second kappa shape index (κ2) is 8.86. The third kappa shape index (κ3) is 4.19. The fourth-order valence-electron chi connectivity index (χ4n) is 3.46. The largest absolute Gasteiger partial charge is 0.288 e. The molecule has 158 valence electrons. The molecule has 3 heterocycles. The highest BCUT2D eigenvalue weighted by Crippen LogP contribution is 2.36. The average Bonchev–Trinajstić information content (AvgIpc) is 3.53. The molecule has 4 nitrogen and oxygen atoms in total. The van der Waals surface area contributed by atoms with E-state index in [2.05, 4.69) is 0 Å². The van der Waals surface area contributed by atoms with Crippen LogP contribution < -0.4 is 0 Å². The Hall–Kier alpha value is -3.00. The minimum absolute atomic E-state index is 0.0647. The van der Waals surface area contributed by atoms with Gasteiger partial charge < -0.3 is 0 Å². The van der Waals surface area contributed by atoms with E-state index < -0.39 is 0 Å². The van der Waals surface area contributed by atoms with E-state index in [1.165, 1.54) is 17.3 Å². The molecule has 2 aromatic carbocycles. The molecule has 0 N–H and O–H groups in total. The zero-order chi connectivity index (χ0) is 22.1. The van der Waals surface area contributed by atoms with E-state index >= 15 is 0 Å². The molecule has 0 unspecified atom stereocenters. The van der Waals surface area contributed by atoms with Crippen LogP contribution in [0.4, 0.5) is 0 Å². The molecule has 1 amide bonds. The van der Waals surface area contributed by atoms with Gasteiger partial charge in [0.2, 0.25) is 0 Å². The topological polar surface area (TPSA) is 38.1 Å². The number of aryl methyl sites for hydroxylation is 1. The maximum atomic E-state index is 13.2. The summed E-state index contributed by atoms with van der Waals surface area (Å²) in [7, 11) is 0. The van der Waals surface area contributed by atoms with Crippen LogP contribution in [0.2, 0.25) is 0 Å². The zero-order valence-electron chi connectivity index (χ0n) is 17.3. The van der Waals surface area contributed by atoms with Gasteiger partial charge in [0.1, 0.15) is 10.0 Å². The summed E-state index contributed by atoms with van der Waals surface area (Å²) in [4.78, 5) is 16.5. The van der Waals surface area contributed by atoms with Crippen molar-refractivity contribution >= 4 is 51.6 Å². The number of carbonyl (C=O) groups is 1. The first-order valence-electron chi connectivity index (χ1n) is 10.1. The Labute approximate surface area is 200 Å². The van der Waals surface area contributed by atoms with Crippen molar-refractivity contribution in [3.63, 3.8) is 0 Å². The van der Waals surface area contributed by atoms with Crippen molar-refractivity contribution in [1.82, 2.24) is 14.7 Å². The van der Waals surface area contributed by atoms with Crippen LogP contribution in [0.25, 0.3) is 22.3 Å². The number of thiophene rings is 1. The summed E-state index contributed by atoms with van der Waals surface area (Å²) in [6.45, 7) is 2.52. The molecule has 1 fully saturated rings. The first kappa shape index (κ1) is 20.9. The molecule has 1 aliphatic heterocycles. The van der Waals surface area contributed by atoms with Gasteiger partial charge in [-0.15, -0.1) is 11.3 Å². The van der Waals surface area contributed by atoms with E-state index in [4.69, 9.17) is 17.3 Å². The first-order valence-corrected chi connectivity index (χ1v) is 12.2. The summed E-state index contributed by atoms with van der Waals surface area (Å²) in [5.74, 6) is -0.0647.